The number of rotatable bonds is 1. The van der Waals surface area contributed by atoms with Crippen LogP contribution in [0.25, 0.3) is 0 Å². The monoisotopic (exact) mass is 168 g/mol. The fraction of sp³-hybridized carbons (Fsp3) is 0.600. The lowest BCUT2D eigenvalue weighted by Crippen LogP contribution is -1.53. The van der Waals surface area contributed by atoms with Gasteiger partial charge in [-0.3, -0.25) is 0 Å². The first-order chi connectivity index (χ1) is 5.36. The topological polar surface area (TPSA) is 0 Å². The fourth-order valence-corrected chi connectivity index (χ4v) is 0.847. The van der Waals surface area contributed by atoms with E-state index in [1.807, 2.05) is 6.08 Å². The number of allylic oxidation sites excluding steroid dienone is 1. The molecule has 60 valence electrons. The second-order valence-electron chi connectivity index (χ2n) is 3.10. The van der Waals surface area contributed by atoms with Crippen LogP contribution in [0.2, 0.25) is 0 Å². The molecular formula is C10H13Cl. The Labute approximate surface area is 73.6 Å². The Hall–Kier alpha value is -0.410. The molecule has 2 fully saturated rings. The molecule has 0 spiro atoms. The van der Waals surface area contributed by atoms with Crippen molar-refractivity contribution in [1.29, 1.82) is 0 Å². The molecule has 1 heteroatoms. The van der Waals surface area contributed by atoms with Crippen molar-refractivity contribution >= 4 is 11.6 Å². The summed E-state index contributed by atoms with van der Waals surface area (Å²) in [6.07, 6.45) is 12.3. The highest BCUT2D eigenvalue weighted by molar-refractivity contribution is 6.25. The van der Waals surface area contributed by atoms with Crippen LogP contribution < -0.4 is 0 Å². The molecule has 0 aromatic rings. The van der Waals surface area contributed by atoms with Crippen LogP contribution in [-0.4, -0.2) is 0 Å². The molecule has 0 aromatic carbocycles. The summed E-state index contributed by atoms with van der Waals surface area (Å²) in [5, 5.41) is 0. The van der Waals surface area contributed by atoms with Crippen LogP contribution in [0.15, 0.2) is 11.6 Å². The minimum atomic E-state index is 0.662. The van der Waals surface area contributed by atoms with Gasteiger partial charge in [-0.05, 0) is 31.6 Å². The third-order valence-corrected chi connectivity index (χ3v) is 1.93. The first-order valence-corrected chi connectivity index (χ1v) is 4.53. The molecule has 0 N–H and O–H groups in total. The first-order valence-electron chi connectivity index (χ1n) is 4.10. The SMILES string of the molecule is C#CC1CC1.ClC=CC1CC1. The molecule has 0 aromatic heterocycles. The standard InChI is InChI=1S/C5H7Cl.C5H6/c6-4-3-5-1-2-5;1-2-5-3-4-5/h3-5H,1-2H2;1,5H,3-4H2. The zero-order valence-corrected chi connectivity index (χ0v) is 7.35. The molecule has 0 heterocycles. The number of terminal acetylenes is 1. The molecule has 0 radical (unpaired) electrons. The van der Waals surface area contributed by atoms with Gasteiger partial charge in [-0.15, -0.1) is 12.3 Å². The van der Waals surface area contributed by atoms with Crippen LogP contribution in [0.3, 0.4) is 0 Å². The lowest BCUT2D eigenvalue weighted by molar-refractivity contribution is 1.13. The van der Waals surface area contributed by atoms with E-state index in [9.17, 15) is 0 Å². The van der Waals surface area contributed by atoms with Crippen LogP contribution >= 0.6 is 11.6 Å². The van der Waals surface area contributed by atoms with Gasteiger partial charge < -0.3 is 0 Å². The van der Waals surface area contributed by atoms with Crippen LogP contribution in [0.5, 0.6) is 0 Å². The van der Waals surface area contributed by atoms with Gasteiger partial charge in [0, 0.05) is 11.5 Å². The zero-order chi connectivity index (χ0) is 8.10. The third-order valence-electron chi connectivity index (χ3n) is 1.78. The molecule has 2 saturated carbocycles. The summed E-state index contributed by atoms with van der Waals surface area (Å²) in [6, 6.07) is 0. The van der Waals surface area contributed by atoms with Crippen molar-refractivity contribution in [3.05, 3.63) is 11.6 Å². The minimum Gasteiger partial charge on any atom is -0.120 e. The summed E-state index contributed by atoms with van der Waals surface area (Å²) < 4.78 is 0. The van der Waals surface area contributed by atoms with Crippen LogP contribution in [-0.2, 0) is 0 Å². The van der Waals surface area contributed by atoms with Gasteiger partial charge in [0.25, 0.3) is 0 Å². The average molecular weight is 169 g/mol. The van der Waals surface area contributed by atoms with Gasteiger partial charge >= 0.3 is 0 Å². The molecule has 11 heavy (non-hydrogen) atoms. The van der Waals surface area contributed by atoms with Gasteiger partial charge in [0.15, 0.2) is 0 Å². The summed E-state index contributed by atoms with van der Waals surface area (Å²) in [5.74, 6) is 4.14. The van der Waals surface area contributed by atoms with Crippen LogP contribution in [0.4, 0.5) is 0 Å². The Morgan fingerprint density at radius 1 is 1.27 bits per heavy atom. The average Bonchev–Trinajstić information content (AvgIpc) is 2.87. The van der Waals surface area contributed by atoms with E-state index in [0.29, 0.717) is 5.92 Å². The van der Waals surface area contributed by atoms with E-state index < -0.39 is 0 Å². The smallest absolute Gasteiger partial charge is 0.0201 e. The largest absolute Gasteiger partial charge is 0.120 e. The number of hydrogen-bond acceptors (Lipinski definition) is 0. The van der Waals surface area contributed by atoms with Crippen molar-refractivity contribution < 1.29 is 0 Å². The Morgan fingerprint density at radius 3 is 2.00 bits per heavy atom. The molecule has 0 nitrogen and oxygen atoms in total. The van der Waals surface area contributed by atoms with E-state index in [2.05, 4.69) is 5.92 Å². The highest BCUT2D eigenvalue weighted by atomic mass is 35.5. The van der Waals surface area contributed by atoms with E-state index >= 15 is 0 Å². The predicted octanol–water partition coefficient (Wildman–Crippen LogP) is 3.18. The molecule has 0 atom stereocenters. The fourth-order valence-electron chi connectivity index (χ4n) is 0.642. The highest BCUT2D eigenvalue weighted by Gasteiger charge is 2.16. The van der Waals surface area contributed by atoms with Crippen molar-refractivity contribution in [3.8, 4) is 12.3 Å². The number of halogens is 1. The second-order valence-corrected chi connectivity index (χ2v) is 3.35. The molecule has 2 aliphatic carbocycles. The second kappa shape index (κ2) is 4.46. The molecule has 2 rings (SSSR count). The minimum absolute atomic E-state index is 0.662. The summed E-state index contributed by atoms with van der Waals surface area (Å²) in [4.78, 5) is 0. The normalized spacial score (nSPS) is 22.2. The summed E-state index contributed by atoms with van der Waals surface area (Å²) in [6.45, 7) is 0. The summed E-state index contributed by atoms with van der Waals surface area (Å²) in [5.41, 5.74) is 1.61. The van der Waals surface area contributed by atoms with Crippen molar-refractivity contribution in [2.45, 2.75) is 25.7 Å². The highest BCUT2D eigenvalue weighted by Crippen LogP contribution is 2.30. The van der Waals surface area contributed by atoms with Gasteiger partial charge in [0.05, 0.1) is 0 Å². The van der Waals surface area contributed by atoms with Crippen molar-refractivity contribution in [2.75, 3.05) is 0 Å². The van der Waals surface area contributed by atoms with E-state index in [-0.39, 0.29) is 0 Å². The van der Waals surface area contributed by atoms with Gasteiger partial charge in [-0.25, -0.2) is 0 Å². The first kappa shape index (κ1) is 8.68. The molecular weight excluding hydrogens is 156 g/mol. The van der Waals surface area contributed by atoms with Crippen LogP contribution in [0, 0.1) is 24.2 Å². The summed E-state index contributed by atoms with van der Waals surface area (Å²) >= 11 is 5.26. The van der Waals surface area contributed by atoms with Gasteiger partial charge in [0.2, 0.25) is 0 Å². The molecule has 0 amide bonds. The third kappa shape index (κ3) is 4.93. The Morgan fingerprint density at radius 2 is 1.91 bits per heavy atom. The van der Waals surface area contributed by atoms with Crippen molar-refractivity contribution in [3.63, 3.8) is 0 Å². The van der Waals surface area contributed by atoms with Gasteiger partial charge in [-0.2, -0.15) is 0 Å². The van der Waals surface area contributed by atoms with Gasteiger partial charge in [-0.1, -0.05) is 17.7 Å². The predicted molar refractivity (Wildman–Crippen MR) is 49.3 cm³/mol. The molecule has 0 bridgehead atoms. The van der Waals surface area contributed by atoms with Gasteiger partial charge in [0.1, 0.15) is 0 Å². The lowest BCUT2D eigenvalue weighted by Gasteiger charge is -1.67. The maximum absolute atomic E-state index is 5.26. The van der Waals surface area contributed by atoms with Crippen molar-refractivity contribution in [2.24, 2.45) is 11.8 Å². The molecule has 0 saturated heterocycles. The van der Waals surface area contributed by atoms with E-state index in [1.165, 1.54) is 25.7 Å². The Bertz CT molecular complexity index is 168. The Balaban J connectivity index is 0.000000112. The molecule has 0 aliphatic heterocycles. The molecule has 0 unspecified atom stereocenters. The maximum atomic E-state index is 5.26. The number of hydrogen-bond donors (Lipinski definition) is 0. The molecule has 2 aliphatic rings. The van der Waals surface area contributed by atoms with Crippen LogP contribution in [0.1, 0.15) is 25.7 Å². The van der Waals surface area contributed by atoms with E-state index in [1.54, 1.807) is 5.54 Å². The van der Waals surface area contributed by atoms with Crippen molar-refractivity contribution in [1.82, 2.24) is 0 Å². The maximum Gasteiger partial charge on any atom is 0.0201 e. The lowest BCUT2D eigenvalue weighted by atomic mass is 10.4. The zero-order valence-electron chi connectivity index (χ0n) is 6.59. The van der Waals surface area contributed by atoms with E-state index in [4.69, 9.17) is 18.0 Å². The van der Waals surface area contributed by atoms with E-state index in [0.717, 1.165) is 5.92 Å². The quantitative estimate of drug-likeness (QED) is 0.528. The summed E-state index contributed by atoms with van der Waals surface area (Å²) in [7, 11) is 0. The Kier molecular flexibility index (Phi) is 3.52.